The van der Waals surface area contributed by atoms with Crippen LogP contribution >= 0.6 is 0 Å². The Morgan fingerprint density at radius 2 is 1.58 bits per heavy atom. The first-order valence-electron chi connectivity index (χ1n) is 8.56. The van der Waals surface area contributed by atoms with Crippen molar-refractivity contribution in [2.45, 2.75) is 30.6 Å². The molecule has 24 heavy (non-hydrogen) atoms. The van der Waals surface area contributed by atoms with Crippen LogP contribution in [0.3, 0.4) is 0 Å². The number of rotatable bonds is 2. The maximum Gasteiger partial charge on any atom is 0.256 e. The van der Waals surface area contributed by atoms with Crippen LogP contribution in [0.4, 0.5) is 0 Å². The van der Waals surface area contributed by atoms with E-state index in [1.807, 2.05) is 36.4 Å². The molecule has 1 amide bonds. The summed E-state index contributed by atoms with van der Waals surface area (Å²) < 4.78 is 5.73. The summed E-state index contributed by atoms with van der Waals surface area (Å²) in [5.74, 6) is 0.461. The summed E-state index contributed by atoms with van der Waals surface area (Å²) in [6.45, 7) is 0.698. The molecule has 122 valence electrons. The molecular formula is C20H19NO3. The average molecular weight is 321 g/mol. The summed E-state index contributed by atoms with van der Waals surface area (Å²) in [6.07, 6.45) is 0.678. The molecule has 0 unspecified atom stereocenters. The molecule has 0 bridgehead atoms. The molecule has 0 spiro atoms. The fourth-order valence-corrected chi connectivity index (χ4v) is 4.48. The molecule has 0 aromatic heterocycles. The fraction of sp³-hybridized carbons (Fsp3) is 0.350. The molecule has 2 aromatic rings. The van der Waals surface area contributed by atoms with Gasteiger partial charge in [-0.15, -0.1) is 0 Å². The highest BCUT2D eigenvalue weighted by Gasteiger charge is 2.61. The Morgan fingerprint density at radius 3 is 2.29 bits per heavy atom. The summed E-state index contributed by atoms with van der Waals surface area (Å²) in [7, 11) is 0. The SMILES string of the molecule is O=C1[C@@H](c2ccccc2)[C@H]2[C@H](c3ccccc3)[C@@H]3CCO[C@@H]3ON12. The number of fused-ring (bicyclic) bond motifs is 2. The first-order valence-corrected chi connectivity index (χ1v) is 8.56. The van der Waals surface area contributed by atoms with Crippen molar-refractivity contribution < 1.29 is 14.4 Å². The van der Waals surface area contributed by atoms with Crippen molar-refractivity contribution in [3.63, 3.8) is 0 Å². The van der Waals surface area contributed by atoms with Gasteiger partial charge in [0, 0.05) is 11.8 Å². The number of hydrogen-bond donors (Lipinski definition) is 0. The highest BCUT2D eigenvalue weighted by atomic mass is 16.8. The Kier molecular flexibility index (Phi) is 3.21. The first kappa shape index (κ1) is 14.2. The Morgan fingerprint density at radius 1 is 0.917 bits per heavy atom. The van der Waals surface area contributed by atoms with Gasteiger partial charge >= 0.3 is 0 Å². The van der Waals surface area contributed by atoms with Gasteiger partial charge in [0.2, 0.25) is 0 Å². The molecule has 5 rings (SSSR count). The number of ether oxygens (including phenoxy) is 1. The number of hydroxylamine groups is 2. The van der Waals surface area contributed by atoms with Crippen molar-refractivity contribution in [2.75, 3.05) is 6.61 Å². The van der Waals surface area contributed by atoms with Crippen LogP contribution in [0.5, 0.6) is 0 Å². The zero-order chi connectivity index (χ0) is 16.1. The van der Waals surface area contributed by atoms with Crippen molar-refractivity contribution >= 4 is 5.91 Å². The number of carbonyl (C=O) groups is 1. The summed E-state index contributed by atoms with van der Waals surface area (Å²) in [6, 6.07) is 20.6. The van der Waals surface area contributed by atoms with E-state index in [-0.39, 0.29) is 30.1 Å². The van der Waals surface area contributed by atoms with Crippen LogP contribution in [0, 0.1) is 5.92 Å². The van der Waals surface area contributed by atoms with E-state index < -0.39 is 0 Å². The molecule has 5 atom stereocenters. The molecule has 0 radical (unpaired) electrons. The minimum absolute atomic E-state index is 0.0427. The maximum atomic E-state index is 12.7. The van der Waals surface area contributed by atoms with E-state index >= 15 is 0 Å². The number of β-lactam (4-membered cyclic amide) rings is 1. The number of amides is 1. The second-order valence-corrected chi connectivity index (χ2v) is 6.78. The van der Waals surface area contributed by atoms with Crippen molar-refractivity contribution in [1.29, 1.82) is 0 Å². The lowest BCUT2D eigenvalue weighted by Gasteiger charge is -2.55. The van der Waals surface area contributed by atoms with Crippen LogP contribution in [0.25, 0.3) is 0 Å². The largest absolute Gasteiger partial charge is 0.350 e. The van der Waals surface area contributed by atoms with Crippen molar-refractivity contribution in [2.24, 2.45) is 5.92 Å². The normalized spacial score (nSPS) is 34.4. The van der Waals surface area contributed by atoms with Crippen LogP contribution in [-0.2, 0) is 14.4 Å². The van der Waals surface area contributed by atoms with Gasteiger partial charge in [0.25, 0.3) is 5.91 Å². The molecule has 2 aromatic carbocycles. The van der Waals surface area contributed by atoms with Crippen LogP contribution in [0.15, 0.2) is 60.7 Å². The number of carbonyl (C=O) groups excluding carboxylic acids is 1. The number of nitrogens with zero attached hydrogens (tertiary/aromatic N) is 1. The van der Waals surface area contributed by atoms with Crippen LogP contribution < -0.4 is 0 Å². The predicted octanol–water partition coefficient (Wildman–Crippen LogP) is 3.07. The molecule has 3 saturated heterocycles. The van der Waals surface area contributed by atoms with Gasteiger partial charge in [-0.25, -0.2) is 9.90 Å². The average Bonchev–Trinajstić information content (AvgIpc) is 3.11. The van der Waals surface area contributed by atoms with Gasteiger partial charge in [0.15, 0.2) is 6.29 Å². The summed E-state index contributed by atoms with van der Waals surface area (Å²) in [5, 5.41) is 1.57. The third-order valence-electron chi connectivity index (χ3n) is 5.57. The van der Waals surface area contributed by atoms with Gasteiger partial charge in [0.05, 0.1) is 18.6 Å². The molecule has 0 N–H and O–H groups in total. The van der Waals surface area contributed by atoms with Gasteiger partial charge < -0.3 is 4.74 Å². The van der Waals surface area contributed by atoms with Crippen molar-refractivity contribution in [3.8, 4) is 0 Å². The summed E-state index contributed by atoms with van der Waals surface area (Å²) in [5.41, 5.74) is 2.34. The second-order valence-electron chi connectivity index (χ2n) is 6.78. The van der Waals surface area contributed by atoms with Gasteiger partial charge in [0.1, 0.15) is 0 Å². The lowest BCUT2D eigenvalue weighted by atomic mass is 9.68. The molecule has 4 nitrogen and oxygen atoms in total. The zero-order valence-electron chi connectivity index (χ0n) is 13.2. The number of hydrogen-bond acceptors (Lipinski definition) is 3. The highest BCUT2D eigenvalue weighted by Crippen LogP contribution is 2.53. The molecule has 4 heteroatoms. The molecule has 3 aliphatic heterocycles. The minimum atomic E-state index is -0.299. The molecule has 3 aliphatic rings. The molecular weight excluding hydrogens is 302 g/mol. The lowest BCUT2D eigenvalue weighted by molar-refractivity contribution is -0.334. The topological polar surface area (TPSA) is 38.8 Å². The third kappa shape index (κ3) is 1.96. The molecule has 3 heterocycles. The van der Waals surface area contributed by atoms with Crippen LogP contribution in [0.1, 0.15) is 29.4 Å². The van der Waals surface area contributed by atoms with Crippen molar-refractivity contribution in [3.05, 3.63) is 71.8 Å². The van der Waals surface area contributed by atoms with E-state index in [4.69, 9.17) is 9.57 Å². The first-order chi connectivity index (χ1) is 11.8. The minimum Gasteiger partial charge on any atom is -0.350 e. The quantitative estimate of drug-likeness (QED) is 0.798. The molecule has 3 fully saturated rings. The van der Waals surface area contributed by atoms with E-state index in [9.17, 15) is 4.79 Å². The van der Waals surface area contributed by atoms with Gasteiger partial charge in [-0.05, 0) is 17.5 Å². The highest BCUT2D eigenvalue weighted by molar-refractivity contribution is 5.90. The standard InChI is InChI=1S/C20H19NO3/c22-19-17(14-9-5-2-6-10-14)18-16(13-7-3-1-4-8-13)15-11-12-23-20(15)24-21(18)19/h1-10,15-18,20H,11-12H2/t15-,16+,17-,18+,20+/m0/s1. The van der Waals surface area contributed by atoms with Crippen molar-refractivity contribution in [1.82, 2.24) is 5.06 Å². The fourth-order valence-electron chi connectivity index (χ4n) is 4.48. The Bertz CT molecular complexity index is 748. The predicted molar refractivity (Wildman–Crippen MR) is 87.9 cm³/mol. The zero-order valence-corrected chi connectivity index (χ0v) is 13.2. The lowest BCUT2D eigenvalue weighted by Crippen LogP contribution is -2.67. The number of benzene rings is 2. The van der Waals surface area contributed by atoms with Gasteiger partial charge in [-0.3, -0.25) is 4.79 Å². The molecule has 0 saturated carbocycles. The van der Waals surface area contributed by atoms with E-state index in [1.165, 1.54) is 5.56 Å². The van der Waals surface area contributed by atoms with E-state index in [0.717, 1.165) is 12.0 Å². The molecule has 0 aliphatic carbocycles. The van der Waals surface area contributed by atoms with Crippen LogP contribution in [0.2, 0.25) is 0 Å². The second kappa shape index (κ2) is 5.43. The van der Waals surface area contributed by atoms with Crippen LogP contribution in [-0.4, -0.2) is 29.9 Å². The summed E-state index contributed by atoms with van der Waals surface area (Å²) >= 11 is 0. The Hall–Kier alpha value is -2.17. The smallest absolute Gasteiger partial charge is 0.256 e. The maximum absolute atomic E-state index is 12.7. The van der Waals surface area contributed by atoms with E-state index in [1.54, 1.807) is 5.06 Å². The summed E-state index contributed by atoms with van der Waals surface area (Å²) in [4.78, 5) is 18.6. The third-order valence-corrected chi connectivity index (χ3v) is 5.57. The van der Waals surface area contributed by atoms with Gasteiger partial charge in [-0.1, -0.05) is 60.7 Å². The van der Waals surface area contributed by atoms with E-state index in [2.05, 4.69) is 24.3 Å². The Labute approximate surface area is 140 Å². The monoisotopic (exact) mass is 321 g/mol. The van der Waals surface area contributed by atoms with Gasteiger partial charge in [-0.2, -0.15) is 0 Å². The van der Waals surface area contributed by atoms with E-state index in [0.29, 0.717) is 12.5 Å². The Balaban J connectivity index is 1.57.